The summed E-state index contributed by atoms with van der Waals surface area (Å²) in [6, 6.07) is 14.5. The Bertz CT molecular complexity index is 818. The average Bonchev–Trinajstić information content (AvgIpc) is 2.71. The summed E-state index contributed by atoms with van der Waals surface area (Å²) in [5.41, 5.74) is 4.89. The Morgan fingerprint density at radius 2 is 1.96 bits per heavy atom. The Balaban J connectivity index is 1.52. The molecule has 4 heteroatoms. The maximum atomic E-state index is 12.8. The van der Waals surface area contributed by atoms with Gasteiger partial charge in [-0.2, -0.15) is 0 Å². The molecule has 2 aromatic carbocycles. The summed E-state index contributed by atoms with van der Waals surface area (Å²) in [6.45, 7) is 3.21. The van der Waals surface area contributed by atoms with E-state index >= 15 is 0 Å². The van der Waals surface area contributed by atoms with E-state index in [0.29, 0.717) is 12.5 Å². The predicted molar refractivity (Wildman–Crippen MR) is 105 cm³/mol. The van der Waals surface area contributed by atoms with Crippen molar-refractivity contribution < 1.29 is 14.3 Å². The molecule has 0 spiro atoms. The number of benzene rings is 2. The van der Waals surface area contributed by atoms with Gasteiger partial charge in [-0.05, 0) is 54.9 Å². The minimum absolute atomic E-state index is 0.184. The molecule has 27 heavy (non-hydrogen) atoms. The monoisotopic (exact) mass is 365 g/mol. The number of hydrogen-bond acceptors (Lipinski definition) is 3. The van der Waals surface area contributed by atoms with Crippen LogP contribution in [0, 0.1) is 6.92 Å². The van der Waals surface area contributed by atoms with Crippen molar-refractivity contribution in [2.24, 2.45) is 0 Å². The lowest BCUT2D eigenvalue weighted by molar-refractivity contribution is 0.0566. The molecule has 2 aromatic rings. The molecule has 2 aliphatic rings. The quantitative estimate of drug-likeness (QED) is 0.782. The zero-order valence-electron chi connectivity index (χ0n) is 16.1. The van der Waals surface area contributed by atoms with E-state index in [1.165, 1.54) is 16.7 Å². The second-order valence-corrected chi connectivity index (χ2v) is 7.57. The summed E-state index contributed by atoms with van der Waals surface area (Å²) in [5.74, 6) is 1.40. The third-order valence-corrected chi connectivity index (χ3v) is 6.01. The van der Waals surface area contributed by atoms with Gasteiger partial charge in [-0.25, -0.2) is 4.79 Å². The summed E-state index contributed by atoms with van der Waals surface area (Å²) in [5, 5.41) is 0. The van der Waals surface area contributed by atoms with Crippen LogP contribution in [0.1, 0.15) is 47.4 Å². The van der Waals surface area contributed by atoms with Crippen molar-refractivity contribution >= 4 is 6.09 Å². The topological polar surface area (TPSA) is 38.8 Å². The van der Waals surface area contributed by atoms with Crippen LogP contribution in [0.3, 0.4) is 0 Å². The molecule has 1 saturated heterocycles. The van der Waals surface area contributed by atoms with Gasteiger partial charge < -0.3 is 14.4 Å². The van der Waals surface area contributed by atoms with Crippen LogP contribution in [0.2, 0.25) is 0 Å². The highest BCUT2D eigenvalue weighted by Gasteiger charge is 2.40. The average molecular weight is 365 g/mol. The van der Waals surface area contributed by atoms with Gasteiger partial charge in [0.15, 0.2) is 0 Å². The van der Waals surface area contributed by atoms with E-state index in [1.807, 2.05) is 35.2 Å². The van der Waals surface area contributed by atoms with Crippen molar-refractivity contribution in [3.8, 4) is 5.75 Å². The van der Waals surface area contributed by atoms with Crippen LogP contribution in [0.5, 0.6) is 5.75 Å². The Kier molecular flexibility index (Phi) is 5.06. The molecule has 4 nitrogen and oxygen atoms in total. The van der Waals surface area contributed by atoms with Crippen LogP contribution in [-0.2, 0) is 17.8 Å². The van der Waals surface area contributed by atoms with Gasteiger partial charge in [-0.15, -0.1) is 0 Å². The van der Waals surface area contributed by atoms with Crippen LogP contribution in [0.25, 0.3) is 0 Å². The van der Waals surface area contributed by atoms with Gasteiger partial charge in [0.2, 0.25) is 0 Å². The predicted octanol–water partition coefficient (Wildman–Crippen LogP) is 4.83. The molecule has 0 N–H and O–H groups in total. The Morgan fingerprint density at radius 3 is 2.74 bits per heavy atom. The SMILES string of the molecule is COc1c(C)ccc2c1CC[C@@H]1[C@@H]2CCCN1C(=O)OCc1ccccc1. The van der Waals surface area contributed by atoms with Crippen molar-refractivity contribution in [2.45, 2.75) is 51.2 Å². The molecule has 1 aliphatic carbocycles. The lowest BCUT2D eigenvalue weighted by Crippen LogP contribution is -2.49. The standard InChI is InChI=1S/C23H27NO3/c1-16-10-11-18-19-9-6-14-24(21(19)13-12-20(18)22(16)26-2)23(25)27-15-17-7-4-3-5-8-17/h3-5,7-8,10-11,19,21H,6,9,12-15H2,1-2H3/t19-,21-/m1/s1. The molecule has 0 bridgehead atoms. The van der Waals surface area contributed by atoms with E-state index in [9.17, 15) is 4.79 Å². The van der Waals surface area contributed by atoms with Crippen molar-refractivity contribution in [3.05, 3.63) is 64.7 Å². The fourth-order valence-corrected chi connectivity index (χ4v) is 4.75. The van der Waals surface area contributed by atoms with Gasteiger partial charge in [0.25, 0.3) is 0 Å². The first-order chi connectivity index (χ1) is 13.2. The highest BCUT2D eigenvalue weighted by molar-refractivity contribution is 5.69. The summed E-state index contributed by atoms with van der Waals surface area (Å²) < 4.78 is 11.3. The molecule has 1 aliphatic heterocycles. The number of nitrogens with zero attached hydrogens (tertiary/aromatic N) is 1. The molecule has 4 rings (SSSR count). The summed E-state index contributed by atoms with van der Waals surface area (Å²) in [4.78, 5) is 14.8. The van der Waals surface area contributed by atoms with Gasteiger partial charge in [0.05, 0.1) is 7.11 Å². The van der Waals surface area contributed by atoms with Crippen molar-refractivity contribution in [3.63, 3.8) is 0 Å². The number of carbonyl (C=O) groups is 1. The van der Waals surface area contributed by atoms with Gasteiger partial charge >= 0.3 is 6.09 Å². The number of rotatable bonds is 3. The number of amides is 1. The van der Waals surface area contributed by atoms with Crippen molar-refractivity contribution in [1.29, 1.82) is 0 Å². The van der Waals surface area contributed by atoms with Crippen molar-refractivity contribution in [2.75, 3.05) is 13.7 Å². The van der Waals surface area contributed by atoms with Gasteiger partial charge in [0.1, 0.15) is 12.4 Å². The van der Waals surface area contributed by atoms with E-state index in [-0.39, 0.29) is 12.1 Å². The highest BCUT2D eigenvalue weighted by Crippen LogP contribution is 2.44. The van der Waals surface area contributed by atoms with E-state index in [0.717, 1.165) is 43.5 Å². The summed E-state index contributed by atoms with van der Waals surface area (Å²) >= 11 is 0. The molecule has 0 radical (unpaired) electrons. The van der Waals surface area contributed by atoms with Crippen molar-refractivity contribution in [1.82, 2.24) is 4.90 Å². The molecule has 0 saturated carbocycles. The lowest BCUT2D eigenvalue weighted by Gasteiger charge is -2.44. The van der Waals surface area contributed by atoms with Crippen LogP contribution < -0.4 is 4.74 Å². The number of likely N-dealkylation sites (tertiary alicyclic amines) is 1. The molecule has 1 heterocycles. The smallest absolute Gasteiger partial charge is 0.410 e. The number of fused-ring (bicyclic) bond motifs is 3. The number of aryl methyl sites for hydroxylation is 1. The van der Waals surface area contributed by atoms with Crippen LogP contribution in [0.4, 0.5) is 4.79 Å². The Hall–Kier alpha value is -2.49. The first-order valence-electron chi connectivity index (χ1n) is 9.82. The number of methoxy groups -OCH3 is 1. The zero-order chi connectivity index (χ0) is 18.8. The Morgan fingerprint density at radius 1 is 1.15 bits per heavy atom. The molecule has 0 unspecified atom stereocenters. The minimum Gasteiger partial charge on any atom is -0.496 e. The second kappa shape index (κ2) is 7.63. The van der Waals surface area contributed by atoms with Gasteiger partial charge in [-0.1, -0.05) is 42.5 Å². The van der Waals surface area contributed by atoms with E-state index in [4.69, 9.17) is 9.47 Å². The van der Waals surface area contributed by atoms with Gasteiger partial charge in [-0.3, -0.25) is 0 Å². The third kappa shape index (κ3) is 3.41. The maximum absolute atomic E-state index is 12.8. The fourth-order valence-electron chi connectivity index (χ4n) is 4.75. The highest BCUT2D eigenvalue weighted by atomic mass is 16.6. The van der Waals surface area contributed by atoms with Gasteiger partial charge in [0, 0.05) is 18.5 Å². The number of hydrogen-bond donors (Lipinski definition) is 0. The molecule has 1 amide bonds. The molecule has 142 valence electrons. The number of carbonyl (C=O) groups excluding carboxylic acids is 1. The largest absolute Gasteiger partial charge is 0.496 e. The molecule has 1 fully saturated rings. The van der Waals surface area contributed by atoms with Crippen LogP contribution in [0.15, 0.2) is 42.5 Å². The zero-order valence-corrected chi connectivity index (χ0v) is 16.1. The first kappa shape index (κ1) is 17.9. The lowest BCUT2D eigenvalue weighted by atomic mass is 9.73. The van der Waals surface area contributed by atoms with E-state index in [2.05, 4.69) is 19.1 Å². The molecule has 2 atom stereocenters. The molecular formula is C23H27NO3. The Labute approximate surface area is 161 Å². The fraction of sp³-hybridized carbons (Fsp3) is 0.435. The summed E-state index contributed by atoms with van der Waals surface area (Å²) in [6.07, 6.45) is 3.86. The molecular weight excluding hydrogens is 338 g/mol. The summed E-state index contributed by atoms with van der Waals surface area (Å²) in [7, 11) is 1.75. The number of ether oxygens (including phenoxy) is 2. The van der Waals surface area contributed by atoms with Crippen LogP contribution >= 0.6 is 0 Å². The van der Waals surface area contributed by atoms with E-state index in [1.54, 1.807) is 7.11 Å². The van der Waals surface area contributed by atoms with E-state index < -0.39 is 0 Å². The molecule has 0 aromatic heterocycles. The van der Waals surface area contributed by atoms with Crippen LogP contribution in [-0.4, -0.2) is 30.7 Å². The first-order valence-corrected chi connectivity index (χ1v) is 9.82. The normalized spacial score (nSPS) is 21.2. The minimum atomic E-state index is -0.184. The maximum Gasteiger partial charge on any atom is 0.410 e. The third-order valence-electron chi connectivity index (χ3n) is 6.01. The second-order valence-electron chi connectivity index (χ2n) is 7.57. The number of piperidine rings is 1.